The van der Waals surface area contributed by atoms with Crippen molar-refractivity contribution in [3.05, 3.63) is 69.2 Å². The number of hydrogen-bond donors (Lipinski definition) is 1. The number of hydrogen-bond acceptors (Lipinski definition) is 2. The van der Waals surface area contributed by atoms with Crippen molar-refractivity contribution in [1.82, 2.24) is 5.32 Å². The molecule has 102 valence electrons. The highest BCUT2D eigenvalue weighted by atomic mass is 35.5. The Hall–Kier alpha value is -1.53. The molecule has 0 saturated heterocycles. The molecule has 4 heteroatoms. The van der Waals surface area contributed by atoms with E-state index in [2.05, 4.69) is 11.4 Å². The van der Waals surface area contributed by atoms with Crippen LogP contribution in [0.4, 0.5) is 0 Å². The molecule has 2 aromatic carbocycles. The molecular formula is C16H14Cl2N2. The minimum atomic E-state index is 0.648. The average Bonchev–Trinajstić information content (AvgIpc) is 2.46. The Labute approximate surface area is 128 Å². The molecule has 1 N–H and O–H groups in total. The molecule has 0 aliphatic carbocycles. The van der Waals surface area contributed by atoms with Crippen molar-refractivity contribution < 1.29 is 0 Å². The van der Waals surface area contributed by atoms with Gasteiger partial charge in [0.15, 0.2) is 0 Å². The van der Waals surface area contributed by atoms with E-state index < -0.39 is 0 Å². The van der Waals surface area contributed by atoms with E-state index in [1.807, 2.05) is 36.4 Å². The molecule has 0 aliphatic rings. The summed E-state index contributed by atoms with van der Waals surface area (Å²) in [7, 11) is 0. The van der Waals surface area contributed by atoms with Crippen molar-refractivity contribution >= 4 is 23.2 Å². The zero-order valence-corrected chi connectivity index (χ0v) is 12.4. The molecular weight excluding hydrogens is 291 g/mol. The first-order valence-electron chi connectivity index (χ1n) is 6.33. The summed E-state index contributed by atoms with van der Waals surface area (Å²) in [5, 5.41) is 13.7. The van der Waals surface area contributed by atoms with Gasteiger partial charge in [-0.05, 0) is 42.3 Å². The third kappa shape index (κ3) is 3.98. The molecule has 2 nitrogen and oxygen atoms in total. The highest BCUT2D eigenvalue weighted by Gasteiger charge is 2.02. The van der Waals surface area contributed by atoms with Crippen LogP contribution in [-0.4, -0.2) is 6.54 Å². The lowest BCUT2D eigenvalue weighted by Gasteiger charge is -2.08. The van der Waals surface area contributed by atoms with Crippen LogP contribution < -0.4 is 5.32 Å². The van der Waals surface area contributed by atoms with Crippen molar-refractivity contribution in [2.75, 3.05) is 6.54 Å². The first kappa shape index (κ1) is 14.9. The van der Waals surface area contributed by atoms with Gasteiger partial charge in [-0.3, -0.25) is 0 Å². The topological polar surface area (TPSA) is 35.8 Å². The Morgan fingerprint density at radius 2 is 1.85 bits per heavy atom. The minimum Gasteiger partial charge on any atom is -0.312 e. The van der Waals surface area contributed by atoms with Gasteiger partial charge in [-0.25, -0.2) is 0 Å². The fourth-order valence-corrected chi connectivity index (χ4v) is 2.46. The summed E-state index contributed by atoms with van der Waals surface area (Å²) in [6, 6.07) is 15.3. The SMILES string of the molecule is N#Cc1ccccc1CNCCc1ccc(Cl)cc1Cl. The summed E-state index contributed by atoms with van der Waals surface area (Å²) < 4.78 is 0. The van der Waals surface area contributed by atoms with Gasteiger partial charge >= 0.3 is 0 Å². The molecule has 0 amide bonds. The fourth-order valence-electron chi connectivity index (χ4n) is 1.95. The van der Waals surface area contributed by atoms with Crippen LogP contribution in [-0.2, 0) is 13.0 Å². The van der Waals surface area contributed by atoms with Crippen molar-refractivity contribution in [1.29, 1.82) is 5.26 Å². The standard InChI is InChI=1S/C16H14Cl2N2/c17-15-6-5-12(16(18)9-15)7-8-20-11-14-4-2-1-3-13(14)10-19/h1-6,9,20H,7-8,11H2. The number of rotatable bonds is 5. The summed E-state index contributed by atoms with van der Waals surface area (Å²) in [4.78, 5) is 0. The second-order valence-corrected chi connectivity index (χ2v) is 5.28. The molecule has 2 aromatic rings. The average molecular weight is 305 g/mol. The van der Waals surface area contributed by atoms with Gasteiger partial charge < -0.3 is 5.32 Å². The van der Waals surface area contributed by atoms with E-state index in [1.165, 1.54) is 0 Å². The lowest BCUT2D eigenvalue weighted by atomic mass is 10.1. The predicted octanol–water partition coefficient (Wildman–Crippen LogP) is 4.20. The molecule has 2 rings (SSSR count). The van der Waals surface area contributed by atoms with Gasteiger partial charge in [-0.15, -0.1) is 0 Å². The van der Waals surface area contributed by atoms with E-state index in [4.69, 9.17) is 28.5 Å². The summed E-state index contributed by atoms with van der Waals surface area (Å²) in [6.07, 6.45) is 0.824. The second kappa shape index (κ2) is 7.31. The predicted molar refractivity (Wildman–Crippen MR) is 83.0 cm³/mol. The Kier molecular flexibility index (Phi) is 5.43. The molecule has 0 atom stereocenters. The molecule has 0 fully saturated rings. The Balaban J connectivity index is 1.86. The van der Waals surface area contributed by atoms with Gasteiger partial charge in [0.1, 0.15) is 0 Å². The summed E-state index contributed by atoms with van der Waals surface area (Å²) >= 11 is 12.0. The normalized spacial score (nSPS) is 10.2. The molecule has 0 aromatic heterocycles. The molecule has 0 spiro atoms. The van der Waals surface area contributed by atoms with Crippen LogP contribution in [0.2, 0.25) is 10.0 Å². The third-order valence-corrected chi connectivity index (χ3v) is 3.63. The quantitative estimate of drug-likeness (QED) is 0.840. The fraction of sp³-hybridized carbons (Fsp3) is 0.188. The van der Waals surface area contributed by atoms with E-state index in [9.17, 15) is 0 Å². The Bertz CT molecular complexity index is 633. The van der Waals surface area contributed by atoms with E-state index in [-0.39, 0.29) is 0 Å². The first-order chi connectivity index (χ1) is 9.70. The lowest BCUT2D eigenvalue weighted by Crippen LogP contribution is -2.17. The summed E-state index contributed by atoms with van der Waals surface area (Å²) in [6.45, 7) is 1.47. The van der Waals surface area contributed by atoms with Crippen LogP contribution in [0.15, 0.2) is 42.5 Å². The maximum atomic E-state index is 9.01. The number of benzene rings is 2. The molecule has 0 heterocycles. The van der Waals surface area contributed by atoms with Gasteiger partial charge in [0.2, 0.25) is 0 Å². The highest BCUT2D eigenvalue weighted by Crippen LogP contribution is 2.21. The van der Waals surface area contributed by atoms with Crippen LogP contribution in [0, 0.1) is 11.3 Å². The van der Waals surface area contributed by atoms with E-state index >= 15 is 0 Å². The maximum absolute atomic E-state index is 9.01. The number of nitrogens with one attached hydrogen (secondary N) is 1. The molecule has 0 aliphatic heterocycles. The Morgan fingerprint density at radius 3 is 2.60 bits per heavy atom. The highest BCUT2D eigenvalue weighted by molar-refractivity contribution is 6.35. The maximum Gasteiger partial charge on any atom is 0.0995 e. The monoisotopic (exact) mass is 304 g/mol. The van der Waals surface area contributed by atoms with Crippen LogP contribution in [0.5, 0.6) is 0 Å². The minimum absolute atomic E-state index is 0.648. The van der Waals surface area contributed by atoms with Crippen LogP contribution in [0.25, 0.3) is 0 Å². The number of nitrogens with zero attached hydrogens (tertiary/aromatic N) is 1. The smallest absolute Gasteiger partial charge is 0.0995 e. The number of halogens is 2. The Morgan fingerprint density at radius 1 is 1.05 bits per heavy atom. The van der Waals surface area contributed by atoms with Crippen molar-refractivity contribution in [2.24, 2.45) is 0 Å². The largest absolute Gasteiger partial charge is 0.312 e. The molecule has 0 bridgehead atoms. The van der Waals surface area contributed by atoms with Gasteiger partial charge in [-0.1, -0.05) is 47.5 Å². The van der Waals surface area contributed by atoms with Crippen LogP contribution in [0.3, 0.4) is 0 Å². The van der Waals surface area contributed by atoms with Gasteiger partial charge in [-0.2, -0.15) is 5.26 Å². The molecule has 0 radical (unpaired) electrons. The van der Waals surface area contributed by atoms with E-state index in [0.29, 0.717) is 22.2 Å². The van der Waals surface area contributed by atoms with Crippen molar-refractivity contribution in [3.8, 4) is 6.07 Å². The second-order valence-electron chi connectivity index (χ2n) is 4.43. The third-order valence-electron chi connectivity index (χ3n) is 3.04. The van der Waals surface area contributed by atoms with Gasteiger partial charge in [0.05, 0.1) is 11.6 Å². The molecule has 20 heavy (non-hydrogen) atoms. The van der Waals surface area contributed by atoms with Crippen LogP contribution in [0.1, 0.15) is 16.7 Å². The lowest BCUT2D eigenvalue weighted by molar-refractivity contribution is 0.686. The van der Waals surface area contributed by atoms with Crippen molar-refractivity contribution in [2.45, 2.75) is 13.0 Å². The van der Waals surface area contributed by atoms with E-state index in [1.54, 1.807) is 6.07 Å². The molecule has 0 unspecified atom stereocenters. The number of nitriles is 1. The van der Waals surface area contributed by atoms with Gasteiger partial charge in [0.25, 0.3) is 0 Å². The molecule has 0 saturated carbocycles. The van der Waals surface area contributed by atoms with Gasteiger partial charge in [0, 0.05) is 16.6 Å². The van der Waals surface area contributed by atoms with Crippen molar-refractivity contribution in [3.63, 3.8) is 0 Å². The zero-order chi connectivity index (χ0) is 14.4. The zero-order valence-electron chi connectivity index (χ0n) is 10.9. The van der Waals surface area contributed by atoms with Crippen LogP contribution >= 0.6 is 23.2 Å². The summed E-state index contributed by atoms with van der Waals surface area (Å²) in [5.74, 6) is 0. The summed E-state index contributed by atoms with van der Waals surface area (Å²) in [5.41, 5.74) is 2.79. The first-order valence-corrected chi connectivity index (χ1v) is 7.09. The van der Waals surface area contributed by atoms with E-state index in [0.717, 1.165) is 24.1 Å².